The lowest BCUT2D eigenvalue weighted by atomic mass is 10.1. The first-order chi connectivity index (χ1) is 10.6. The number of aldehydes is 1. The van der Waals surface area contributed by atoms with Gasteiger partial charge in [-0.1, -0.05) is 24.3 Å². The van der Waals surface area contributed by atoms with Crippen LogP contribution in [0.1, 0.15) is 27.3 Å². The third kappa shape index (κ3) is 2.58. The lowest BCUT2D eigenvalue weighted by Crippen LogP contribution is -2.03. The summed E-state index contributed by atoms with van der Waals surface area (Å²) in [6.45, 7) is 6.23. The maximum Gasteiger partial charge on any atom is 0.150 e. The number of aromatic nitrogens is 2. The second-order valence-corrected chi connectivity index (χ2v) is 5.58. The van der Waals surface area contributed by atoms with Crippen molar-refractivity contribution in [2.24, 2.45) is 0 Å². The zero-order valence-electron chi connectivity index (χ0n) is 13.0. The molecule has 0 atom stereocenters. The lowest BCUT2D eigenvalue weighted by molar-refractivity contribution is 0.112. The molecule has 0 aliphatic heterocycles. The molecule has 0 unspecified atom stereocenters. The van der Waals surface area contributed by atoms with Crippen molar-refractivity contribution in [3.63, 3.8) is 0 Å². The lowest BCUT2D eigenvalue weighted by Gasteiger charge is -2.12. The molecule has 110 valence electrons. The second-order valence-electron chi connectivity index (χ2n) is 5.58. The third-order valence-corrected chi connectivity index (χ3v) is 3.80. The van der Waals surface area contributed by atoms with Gasteiger partial charge < -0.3 is 4.57 Å². The average Bonchev–Trinajstić information content (AvgIpc) is 2.86. The second kappa shape index (κ2) is 5.60. The zero-order chi connectivity index (χ0) is 15.7. The maximum atomic E-state index is 10.8. The molecule has 3 heteroatoms. The Bertz CT molecular complexity index is 810. The largest absolute Gasteiger partial charge is 0.303 e. The molecule has 0 amide bonds. The molecule has 22 heavy (non-hydrogen) atoms. The van der Waals surface area contributed by atoms with E-state index in [1.165, 1.54) is 0 Å². The van der Waals surface area contributed by atoms with Gasteiger partial charge >= 0.3 is 0 Å². The molecule has 1 aromatic carbocycles. The van der Waals surface area contributed by atoms with E-state index in [4.69, 9.17) is 4.98 Å². The normalized spacial score (nSPS) is 10.7. The zero-order valence-corrected chi connectivity index (χ0v) is 13.0. The van der Waals surface area contributed by atoms with Crippen LogP contribution >= 0.6 is 0 Å². The summed E-state index contributed by atoms with van der Waals surface area (Å²) in [6, 6.07) is 15.8. The van der Waals surface area contributed by atoms with E-state index in [1.54, 1.807) is 0 Å². The smallest absolute Gasteiger partial charge is 0.150 e. The fourth-order valence-corrected chi connectivity index (χ4v) is 2.67. The highest BCUT2D eigenvalue weighted by Crippen LogP contribution is 2.23. The number of hydrogen-bond donors (Lipinski definition) is 0. The van der Waals surface area contributed by atoms with Crippen LogP contribution in [0.2, 0.25) is 0 Å². The summed E-state index contributed by atoms with van der Waals surface area (Å²) in [7, 11) is 0. The maximum absolute atomic E-state index is 10.8. The average molecular weight is 290 g/mol. The van der Waals surface area contributed by atoms with E-state index in [9.17, 15) is 4.79 Å². The Morgan fingerprint density at radius 1 is 0.909 bits per heavy atom. The highest BCUT2D eigenvalue weighted by atomic mass is 16.1. The van der Waals surface area contributed by atoms with Crippen LogP contribution < -0.4 is 0 Å². The van der Waals surface area contributed by atoms with Crippen molar-refractivity contribution in [3.8, 4) is 17.1 Å². The summed E-state index contributed by atoms with van der Waals surface area (Å²) in [5.41, 5.74) is 6.09. The van der Waals surface area contributed by atoms with Gasteiger partial charge in [0.2, 0.25) is 0 Å². The van der Waals surface area contributed by atoms with Gasteiger partial charge in [-0.3, -0.25) is 4.79 Å². The molecule has 0 bridgehead atoms. The summed E-state index contributed by atoms with van der Waals surface area (Å²) < 4.78 is 2.15. The van der Waals surface area contributed by atoms with Crippen molar-refractivity contribution in [1.29, 1.82) is 0 Å². The molecule has 0 saturated heterocycles. The molecule has 2 heterocycles. The van der Waals surface area contributed by atoms with Crippen molar-refractivity contribution in [2.45, 2.75) is 20.8 Å². The molecule has 0 spiro atoms. The Labute approximate surface area is 130 Å². The van der Waals surface area contributed by atoms with Gasteiger partial charge in [0.25, 0.3) is 0 Å². The fourth-order valence-electron chi connectivity index (χ4n) is 2.67. The molecular weight excluding hydrogens is 272 g/mol. The van der Waals surface area contributed by atoms with Crippen LogP contribution in [0.4, 0.5) is 0 Å². The summed E-state index contributed by atoms with van der Waals surface area (Å²) in [4.78, 5) is 15.6. The van der Waals surface area contributed by atoms with Gasteiger partial charge in [0.05, 0.1) is 5.69 Å². The predicted octanol–water partition coefficient (Wildman–Crippen LogP) is 4.28. The number of nitrogens with zero attached hydrogens (tertiary/aromatic N) is 2. The van der Waals surface area contributed by atoms with E-state index in [0.717, 1.165) is 40.3 Å². The van der Waals surface area contributed by atoms with Crippen LogP contribution in [0.25, 0.3) is 17.1 Å². The van der Waals surface area contributed by atoms with Gasteiger partial charge in [-0.2, -0.15) is 0 Å². The minimum Gasteiger partial charge on any atom is -0.303 e. The van der Waals surface area contributed by atoms with Crippen LogP contribution in [0, 0.1) is 20.8 Å². The van der Waals surface area contributed by atoms with Crippen molar-refractivity contribution in [1.82, 2.24) is 9.55 Å². The third-order valence-electron chi connectivity index (χ3n) is 3.80. The van der Waals surface area contributed by atoms with E-state index < -0.39 is 0 Å². The van der Waals surface area contributed by atoms with Crippen LogP contribution in [0.15, 0.2) is 48.5 Å². The number of aryl methyl sites for hydroxylation is 3. The van der Waals surface area contributed by atoms with Crippen LogP contribution in [-0.2, 0) is 0 Å². The molecule has 0 radical (unpaired) electrons. The predicted molar refractivity (Wildman–Crippen MR) is 88.6 cm³/mol. The standard InChI is InChI=1S/C19H18N2O/c1-13-10-18(17-8-6-16(12-22)7-9-17)20-19(11-13)21-14(2)4-5-15(21)3/h4-12H,1-3H3. The SMILES string of the molecule is Cc1cc(-c2ccc(C=O)cc2)nc(-n2c(C)ccc2C)c1. The van der Waals surface area contributed by atoms with E-state index in [0.29, 0.717) is 5.56 Å². The molecule has 3 rings (SSSR count). The molecule has 3 nitrogen and oxygen atoms in total. The van der Waals surface area contributed by atoms with Crippen LogP contribution in [0.5, 0.6) is 0 Å². The van der Waals surface area contributed by atoms with Gasteiger partial charge in [-0.05, 0) is 50.6 Å². The Morgan fingerprint density at radius 2 is 1.55 bits per heavy atom. The minimum atomic E-state index is 0.675. The fraction of sp³-hybridized carbons (Fsp3) is 0.158. The first-order valence-corrected chi connectivity index (χ1v) is 7.28. The Hall–Kier alpha value is -2.68. The van der Waals surface area contributed by atoms with Crippen molar-refractivity contribution in [2.75, 3.05) is 0 Å². The molecule has 0 aliphatic carbocycles. The first kappa shape index (κ1) is 14.3. The summed E-state index contributed by atoms with van der Waals surface area (Å²) in [5, 5.41) is 0. The number of benzene rings is 1. The molecule has 0 aliphatic rings. The molecule has 0 saturated carbocycles. The van der Waals surface area contributed by atoms with Crippen molar-refractivity contribution >= 4 is 6.29 Å². The summed E-state index contributed by atoms with van der Waals surface area (Å²) in [6.07, 6.45) is 0.853. The van der Waals surface area contributed by atoms with Crippen molar-refractivity contribution < 1.29 is 4.79 Å². The molecule has 0 N–H and O–H groups in total. The Balaban J connectivity index is 2.12. The van der Waals surface area contributed by atoms with Crippen LogP contribution in [0.3, 0.4) is 0 Å². The molecule has 2 aromatic heterocycles. The summed E-state index contributed by atoms with van der Waals surface area (Å²) in [5.74, 6) is 0.925. The van der Waals surface area contributed by atoms with E-state index in [2.05, 4.69) is 49.6 Å². The number of rotatable bonds is 3. The van der Waals surface area contributed by atoms with Crippen LogP contribution in [-0.4, -0.2) is 15.8 Å². The van der Waals surface area contributed by atoms with E-state index >= 15 is 0 Å². The minimum absolute atomic E-state index is 0.675. The first-order valence-electron chi connectivity index (χ1n) is 7.28. The van der Waals surface area contributed by atoms with Gasteiger partial charge in [-0.15, -0.1) is 0 Å². The van der Waals surface area contributed by atoms with Gasteiger partial charge in [-0.25, -0.2) is 4.98 Å². The van der Waals surface area contributed by atoms with Gasteiger partial charge in [0.15, 0.2) is 0 Å². The number of hydrogen-bond acceptors (Lipinski definition) is 2. The molecule has 3 aromatic rings. The van der Waals surface area contributed by atoms with E-state index in [1.807, 2.05) is 24.3 Å². The highest BCUT2D eigenvalue weighted by molar-refractivity contribution is 5.76. The Morgan fingerprint density at radius 3 is 2.14 bits per heavy atom. The number of carbonyl (C=O) groups excluding carboxylic acids is 1. The highest BCUT2D eigenvalue weighted by Gasteiger charge is 2.08. The van der Waals surface area contributed by atoms with Gasteiger partial charge in [0.1, 0.15) is 12.1 Å². The summed E-state index contributed by atoms with van der Waals surface area (Å²) >= 11 is 0. The quantitative estimate of drug-likeness (QED) is 0.675. The monoisotopic (exact) mass is 290 g/mol. The topological polar surface area (TPSA) is 34.9 Å². The van der Waals surface area contributed by atoms with Crippen molar-refractivity contribution in [3.05, 3.63) is 71.0 Å². The Kier molecular flexibility index (Phi) is 3.63. The van der Waals surface area contributed by atoms with E-state index in [-0.39, 0.29) is 0 Å². The van der Waals surface area contributed by atoms with Gasteiger partial charge in [0, 0.05) is 22.5 Å². The number of carbonyl (C=O) groups is 1. The molecular formula is C19H18N2O. The molecule has 0 fully saturated rings. The number of pyridine rings is 1.